The number of carboxylic acid groups (broad SMARTS) is 1. The molecule has 0 saturated carbocycles. The van der Waals surface area contributed by atoms with Gasteiger partial charge < -0.3 is 10.3 Å². The Morgan fingerprint density at radius 1 is 1.19 bits per heavy atom. The molecule has 0 amide bonds. The molecule has 0 saturated heterocycles. The van der Waals surface area contributed by atoms with E-state index in [1.807, 2.05) is 0 Å². The maximum absolute atomic E-state index is 10.3. The van der Waals surface area contributed by atoms with Crippen molar-refractivity contribution >= 4 is 29.2 Å². The summed E-state index contributed by atoms with van der Waals surface area (Å²) in [6.45, 7) is 0. The molecule has 0 bridgehead atoms. The van der Waals surface area contributed by atoms with Crippen molar-refractivity contribution in [2.24, 2.45) is 0 Å². The maximum atomic E-state index is 10.3. The molecule has 3 rings (SSSR count). The van der Waals surface area contributed by atoms with Crippen LogP contribution in [0.25, 0.3) is 11.4 Å². The summed E-state index contributed by atoms with van der Waals surface area (Å²) in [7, 11) is 0. The smallest absolute Gasteiger partial charge is 0.335 e. The molecule has 0 atom stereocenters. The van der Waals surface area contributed by atoms with Gasteiger partial charge in [0.05, 0.1) is 10.6 Å². The Balaban J connectivity index is 0.000000155. The third-order valence-corrected chi connectivity index (χ3v) is 3.15. The highest BCUT2D eigenvalue weighted by Crippen LogP contribution is 2.27. The summed E-state index contributed by atoms with van der Waals surface area (Å²) >= 11 is 11.3. The Morgan fingerprint density at radius 2 is 1.95 bits per heavy atom. The Hall–Kier alpha value is -2.24. The lowest BCUT2D eigenvalue weighted by atomic mass is 10.2. The SMILES string of the molecule is O=C(O)c1cccc(Cl)c1.On1ccc(Cl)c2ccnc1-2. The van der Waals surface area contributed by atoms with E-state index in [0.717, 1.165) is 10.3 Å². The molecule has 0 fully saturated rings. The molecule has 1 aromatic carbocycles. The minimum atomic E-state index is -0.956. The highest BCUT2D eigenvalue weighted by Gasteiger charge is 2.10. The van der Waals surface area contributed by atoms with Crippen LogP contribution in [0.1, 0.15) is 10.4 Å². The molecule has 0 unspecified atom stereocenters. The first-order valence-electron chi connectivity index (χ1n) is 5.78. The summed E-state index contributed by atoms with van der Waals surface area (Å²) < 4.78 is 0.946. The molecule has 0 aromatic heterocycles. The number of carbonyl (C=O) groups is 1. The van der Waals surface area contributed by atoms with E-state index in [9.17, 15) is 10.0 Å². The quantitative estimate of drug-likeness (QED) is 0.665. The van der Waals surface area contributed by atoms with Gasteiger partial charge in [0.25, 0.3) is 0 Å². The Bertz CT molecular complexity index is 710. The average Bonchev–Trinajstić information content (AvgIpc) is 2.94. The summed E-state index contributed by atoms with van der Waals surface area (Å²) in [6, 6.07) is 9.51. The van der Waals surface area contributed by atoms with Gasteiger partial charge in [-0.05, 0) is 30.3 Å². The zero-order valence-electron chi connectivity index (χ0n) is 10.6. The Kier molecular flexibility index (Phi) is 4.67. The van der Waals surface area contributed by atoms with Gasteiger partial charge in [-0.15, -0.1) is 0 Å². The van der Waals surface area contributed by atoms with Crippen molar-refractivity contribution in [3.63, 3.8) is 0 Å². The number of fused-ring (bicyclic) bond motifs is 1. The van der Waals surface area contributed by atoms with E-state index in [0.29, 0.717) is 15.9 Å². The van der Waals surface area contributed by atoms with E-state index < -0.39 is 5.97 Å². The largest absolute Gasteiger partial charge is 0.478 e. The standard InChI is InChI=1S/C7H5ClN2O.C7H5ClO2/c8-6-2-4-10(11)7-5(6)1-3-9-7;8-6-3-1-2-5(4-6)7(9)10/h1-4,11H;1-4H,(H,9,10). The number of hydrogen-bond donors (Lipinski definition) is 2. The monoisotopic (exact) mass is 324 g/mol. The fraction of sp³-hybridized carbons (Fsp3) is 0. The number of pyridine rings is 1. The molecule has 2 aliphatic rings. The van der Waals surface area contributed by atoms with Crippen LogP contribution in [0, 0.1) is 0 Å². The van der Waals surface area contributed by atoms with Gasteiger partial charge in [-0.2, -0.15) is 4.73 Å². The molecule has 0 spiro atoms. The number of hydrogen-bond acceptors (Lipinski definition) is 3. The van der Waals surface area contributed by atoms with E-state index in [1.54, 1.807) is 30.5 Å². The Morgan fingerprint density at radius 3 is 2.52 bits per heavy atom. The van der Waals surface area contributed by atoms with Crippen molar-refractivity contribution < 1.29 is 15.1 Å². The van der Waals surface area contributed by atoms with Crippen molar-refractivity contribution in [2.75, 3.05) is 0 Å². The predicted octanol–water partition coefficient (Wildman–Crippen LogP) is 3.92. The zero-order valence-corrected chi connectivity index (χ0v) is 12.1. The summed E-state index contributed by atoms with van der Waals surface area (Å²) in [4.78, 5) is 14.2. The van der Waals surface area contributed by atoms with Gasteiger partial charge in [0.15, 0.2) is 5.82 Å². The molecule has 2 aliphatic heterocycles. The van der Waals surface area contributed by atoms with Gasteiger partial charge in [0, 0.05) is 23.0 Å². The van der Waals surface area contributed by atoms with E-state index in [-0.39, 0.29) is 5.56 Å². The van der Waals surface area contributed by atoms with Crippen molar-refractivity contribution in [1.29, 1.82) is 0 Å². The van der Waals surface area contributed by atoms with E-state index in [2.05, 4.69) is 4.98 Å². The maximum Gasteiger partial charge on any atom is 0.335 e. The minimum Gasteiger partial charge on any atom is -0.478 e. The predicted molar refractivity (Wildman–Crippen MR) is 79.5 cm³/mol. The molecule has 5 nitrogen and oxygen atoms in total. The van der Waals surface area contributed by atoms with Gasteiger partial charge in [-0.25, -0.2) is 9.78 Å². The Labute approximate surface area is 130 Å². The second-order valence-corrected chi connectivity index (χ2v) is 4.85. The van der Waals surface area contributed by atoms with Crippen LogP contribution < -0.4 is 0 Å². The molecular formula is C14H10Cl2N2O3. The summed E-state index contributed by atoms with van der Waals surface area (Å²) in [5.74, 6) is -0.472. The van der Waals surface area contributed by atoms with Crippen LogP contribution in [-0.4, -0.2) is 26.0 Å². The van der Waals surface area contributed by atoms with Crippen LogP contribution in [0.2, 0.25) is 10.0 Å². The number of rotatable bonds is 1. The summed E-state index contributed by atoms with van der Waals surface area (Å²) in [5, 5.41) is 18.7. The van der Waals surface area contributed by atoms with E-state index >= 15 is 0 Å². The minimum absolute atomic E-state index is 0.215. The third-order valence-electron chi connectivity index (χ3n) is 2.59. The number of halogens is 2. The van der Waals surface area contributed by atoms with Crippen molar-refractivity contribution in [3.8, 4) is 11.4 Å². The lowest BCUT2D eigenvalue weighted by molar-refractivity contribution is 0.0697. The van der Waals surface area contributed by atoms with Crippen molar-refractivity contribution in [1.82, 2.24) is 9.71 Å². The van der Waals surface area contributed by atoms with Gasteiger partial charge in [-0.1, -0.05) is 29.3 Å². The highest BCUT2D eigenvalue weighted by atomic mass is 35.5. The van der Waals surface area contributed by atoms with Crippen LogP contribution in [0.3, 0.4) is 0 Å². The first-order chi connectivity index (χ1) is 9.99. The summed E-state index contributed by atoms with van der Waals surface area (Å²) in [6.07, 6.45) is 3.06. The molecule has 108 valence electrons. The lowest BCUT2D eigenvalue weighted by Crippen LogP contribution is -1.97. The second kappa shape index (κ2) is 6.47. The number of benzene rings is 1. The molecule has 1 aromatic rings. The average molecular weight is 325 g/mol. The lowest BCUT2D eigenvalue weighted by Gasteiger charge is -2.03. The number of nitrogens with zero attached hydrogens (tertiary/aromatic N) is 2. The molecule has 7 heteroatoms. The number of carboxylic acids is 1. The highest BCUT2D eigenvalue weighted by molar-refractivity contribution is 6.33. The normalized spacial score (nSPS) is 10.0. The van der Waals surface area contributed by atoms with Crippen LogP contribution in [-0.2, 0) is 0 Å². The van der Waals surface area contributed by atoms with E-state index in [4.69, 9.17) is 28.3 Å². The first-order valence-corrected chi connectivity index (χ1v) is 6.54. The topological polar surface area (TPSA) is 75.3 Å². The van der Waals surface area contributed by atoms with E-state index in [1.165, 1.54) is 18.3 Å². The van der Waals surface area contributed by atoms with Crippen LogP contribution in [0.4, 0.5) is 0 Å². The van der Waals surface area contributed by atoms with Crippen molar-refractivity contribution in [3.05, 3.63) is 64.4 Å². The van der Waals surface area contributed by atoms with Gasteiger partial charge in [0.1, 0.15) is 0 Å². The number of aromatic nitrogens is 2. The molecule has 2 N–H and O–H groups in total. The second-order valence-electron chi connectivity index (χ2n) is 4.01. The molecule has 21 heavy (non-hydrogen) atoms. The first kappa shape index (κ1) is 15.2. The van der Waals surface area contributed by atoms with Gasteiger partial charge >= 0.3 is 5.97 Å². The fourth-order valence-electron chi connectivity index (χ4n) is 1.61. The van der Waals surface area contributed by atoms with Crippen LogP contribution in [0.15, 0.2) is 48.8 Å². The number of aromatic carboxylic acids is 1. The van der Waals surface area contributed by atoms with Crippen LogP contribution >= 0.6 is 23.2 Å². The van der Waals surface area contributed by atoms with Crippen molar-refractivity contribution in [2.45, 2.75) is 0 Å². The molecule has 0 aliphatic carbocycles. The zero-order chi connectivity index (χ0) is 15.4. The van der Waals surface area contributed by atoms with Gasteiger partial charge in [0.2, 0.25) is 0 Å². The third kappa shape index (κ3) is 3.65. The molecule has 2 heterocycles. The molecule has 0 radical (unpaired) electrons. The fourth-order valence-corrected chi connectivity index (χ4v) is 2.01. The summed E-state index contributed by atoms with van der Waals surface area (Å²) in [5.41, 5.74) is 0.976. The van der Waals surface area contributed by atoms with Gasteiger partial charge in [-0.3, -0.25) is 0 Å². The molecular weight excluding hydrogens is 315 g/mol. The van der Waals surface area contributed by atoms with Crippen LogP contribution in [0.5, 0.6) is 0 Å².